The molecule has 1 aromatic rings. The van der Waals surface area contributed by atoms with Gasteiger partial charge in [-0.15, -0.1) is 23.5 Å². The molecule has 3 atom stereocenters. The summed E-state index contributed by atoms with van der Waals surface area (Å²) in [4.78, 5) is 34.7. The second-order valence-corrected chi connectivity index (χ2v) is 10.7. The van der Waals surface area contributed by atoms with E-state index in [9.17, 15) is 14.4 Å². The fourth-order valence-corrected chi connectivity index (χ4v) is 5.11. The number of rotatable bonds is 15. The Labute approximate surface area is 202 Å². The summed E-state index contributed by atoms with van der Waals surface area (Å²) in [5.41, 5.74) is 8.77. The van der Waals surface area contributed by atoms with Crippen molar-refractivity contribution >= 4 is 53.2 Å². The Hall–Kier alpha value is -1.36. The molecule has 0 heterocycles. The Morgan fingerprint density at radius 3 is 1.66 bits per heavy atom. The first-order valence-electron chi connectivity index (χ1n) is 10.4. The fourth-order valence-electron chi connectivity index (χ4n) is 2.56. The highest BCUT2D eigenvalue weighted by molar-refractivity contribution is 8.00. The summed E-state index contributed by atoms with van der Waals surface area (Å²) in [6, 6.07) is 5.30. The van der Waals surface area contributed by atoms with E-state index in [0.29, 0.717) is 36.2 Å². The van der Waals surface area contributed by atoms with Gasteiger partial charge in [-0.25, -0.2) is 0 Å². The van der Waals surface area contributed by atoms with Gasteiger partial charge in [0.25, 0.3) is 0 Å². The molecule has 3 unspecified atom stereocenters. The van der Waals surface area contributed by atoms with Crippen molar-refractivity contribution in [1.82, 2.24) is 0 Å². The van der Waals surface area contributed by atoms with Gasteiger partial charge in [0.1, 0.15) is 6.04 Å². The van der Waals surface area contributed by atoms with Gasteiger partial charge in [-0.1, -0.05) is 18.2 Å². The van der Waals surface area contributed by atoms with E-state index in [4.69, 9.17) is 20.3 Å². The summed E-state index contributed by atoms with van der Waals surface area (Å²) in [5, 5.41) is 8.41. The quantitative estimate of drug-likeness (QED) is 0.343. The molecule has 0 fully saturated rings. The molecule has 0 aliphatic heterocycles. The van der Waals surface area contributed by atoms with Gasteiger partial charge in [-0.3, -0.25) is 14.4 Å². The van der Waals surface area contributed by atoms with Gasteiger partial charge in [-0.2, -0.15) is 11.8 Å². The topological polar surface area (TPSA) is 116 Å². The van der Waals surface area contributed by atoms with Gasteiger partial charge < -0.3 is 20.3 Å². The van der Waals surface area contributed by atoms with Crippen LogP contribution in [0.2, 0.25) is 0 Å². The van der Waals surface area contributed by atoms with E-state index in [1.54, 1.807) is 13.8 Å². The lowest BCUT2D eigenvalue weighted by Crippen LogP contribution is -2.32. The smallest absolute Gasteiger partial charge is 0.321 e. The van der Waals surface area contributed by atoms with Crippen LogP contribution in [-0.4, -0.2) is 58.5 Å². The van der Waals surface area contributed by atoms with E-state index in [1.807, 2.05) is 13.8 Å². The Balaban J connectivity index is 2.86. The molecule has 0 bridgehead atoms. The lowest BCUT2D eigenvalue weighted by Gasteiger charge is -2.14. The number of nitrogens with two attached hydrogens (primary N) is 1. The third-order valence-electron chi connectivity index (χ3n) is 4.23. The van der Waals surface area contributed by atoms with Gasteiger partial charge in [0.15, 0.2) is 0 Å². The average Bonchev–Trinajstić information content (AvgIpc) is 2.75. The van der Waals surface area contributed by atoms with Crippen LogP contribution in [0.1, 0.15) is 44.4 Å². The van der Waals surface area contributed by atoms with Crippen molar-refractivity contribution in [2.45, 2.75) is 61.5 Å². The monoisotopic (exact) mass is 503 g/mol. The highest BCUT2D eigenvalue weighted by Gasteiger charge is 2.17. The molecule has 0 saturated heterocycles. The second kappa shape index (κ2) is 15.5. The lowest BCUT2D eigenvalue weighted by molar-refractivity contribution is -0.143. The maximum Gasteiger partial charge on any atom is 0.321 e. The predicted octanol–water partition coefficient (Wildman–Crippen LogP) is 3.70. The number of hydrogen-bond acceptors (Lipinski definition) is 9. The first kappa shape index (κ1) is 28.7. The van der Waals surface area contributed by atoms with Crippen molar-refractivity contribution in [3.05, 3.63) is 34.9 Å². The van der Waals surface area contributed by atoms with E-state index in [2.05, 4.69) is 18.2 Å². The molecule has 7 nitrogen and oxygen atoms in total. The predicted molar refractivity (Wildman–Crippen MR) is 133 cm³/mol. The normalized spacial score (nSPS) is 13.8. The van der Waals surface area contributed by atoms with E-state index in [-0.39, 0.29) is 22.4 Å². The highest BCUT2D eigenvalue weighted by Crippen LogP contribution is 2.26. The first-order valence-corrected chi connectivity index (χ1v) is 13.7. The van der Waals surface area contributed by atoms with Crippen LogP contribution in [0.15, 0.2) is 18.2 Å². The largest absolute Gasteiger partial charge is 0.480 e. The fraction of sp³-hybridized carbons (Fsp3) is 0.591. The van der Waals surface area contributed by atoms with Crippen LogP contribution in [0, 0.1) is 0 Å². The molecule has 1 aromatic carbocycles. The molecule has 0 saturated carbocycles. The Bertz CT molecular complexity index is 715. The summed E-state index contributed by atoms with van der Waals surface area (Å²) >= 11 is 4.47. The first-order chi connectivity index (χ1) is 15.2. The van der Waals surface area contributed by atoms with Crippen molar-refractivity contribution in [1.29, 1.82) is 0 Å². The van der Waals surface area contributed by atoms with Gasteiger partial charge in [0.05, 0.1) is 23.7 Å². The maximum atomic E-state index is 11.9. The number of carboxylic acids is 1. The highest BCUT2D eigenvalue weighted by atomic mass is 32.2. The van der Waals surface area contributed by atoms with E-state index in [0.717, 1.165) is 16.7 Å². The van der Waals surface area contributed by atoms with Crippen molar-refractivity contribution in [2.24, 2.45) is 5.73 Å². The zero-order chi connectivity index (χ0) is 24.1. The number of hydrogen-bond donors (Lipinski definition) is 2. The van der Waals surface area contributed by atoms with E-state index < -0.39 is 12.0 Å². The van der Waals surface area contributed by atoms with Crippen LogP contribution < -0.4 is 5.73 Å². The molecule has 3 N–H and O–H groups in total. The molecule has 0 spiro atoms. The number of carbonyl (C=O) groups is 3. The molecule has 0 radical (unpaired) electrons. The van der Waals surface area contributed by atoms with Crippen LogP contribution >= 0.6 is 35.3 Å². The lowest BCUT2D eigenvalue weighted by atomic mass is 10.1. The molecular weight excluding hydrogens is 470 g/mol. The van der Waals surface area contributed by atoms with Gasteiger partial charge in [0.2, 0.25) is 0 Å². The van der Waals surface area contributed by atoms with E-state index in [1.165, 1.54) is 35.3 Å². The standard InChI is InChI=1S/C22H33NO6S3/c1-5-28-21(26)14(3)31-11-17-7-16(10-30-13-19(23)20(24)25)8-18(9-17)12-32-15(4)22(27)29-6-2/h7-9,14-15,19H,5-6,10-13,23H2,1-4H3,(H,24,25). The zero-order valence-corrected chi connectivity index (χ0v) is 21.4. The molecule has 0 aliphatic rings. The molecule has 180 valence electrons. The minimum Gasteiger partial charge on any atom is -0.480 e. The number of thioether (sulfide) groups is 3. The molecule has 10 heteroatoms. The Morgan fingerprint density at radius 2 is 1.28 bits per heavy atom. The van der Waals surface area contributed by atoms with Crippen molar-refractivity contribution < 1.29 is 29.0 Å². The molecule has 32 heavy (non-hydrogen) atoms. The van der Waals surface area contributed by atoms with Crippen LogP contribution in [-0.2, 0) is 41.1 Å². The number of carboxylic acid groups (broad SMARTS) is 1. The minimum atomic E-state index is -1.01. The van der Waals surface area contributed by atoms with Crippen molar-refractivity contribution in [3.63, 3.8) is 0 Å². The van der Waals surface area contributed by atoms with Gasteiger partial charge >= 0.3 is 17.9 Å². The molecule has 0 aliphatic carbocycles. The Morgan fingerprint density at radius 1 is 0.875 bits per heavy atom. The minimum absolute atomic E-state index is 0.231. The molecule has 1 rings (SSSR count). The zero-order valence-electron chi connectivity index (χ0n) is 19.0. The molecular formula is C22H33NO6S3. The number of aliphatic carboxylic acids is 1. The second-order valence-electron chi connectivity index (χ2n) is 7.03. The van der Waals surface area contributed by atoms with Crippen LogP contribution in [0.4, 0.5) is 0 Å². The van der Waals surface area contributed by atoms with E-state index >= 15 is 0 Å². The average molecular weight is 504 g/mol. The van der Waals surface area contributed by atoms with Crippen molar-refractivity contribution in [2.75, 3.05) is 19.0 Å². The summed E-state index contributed by atoms with van der Waals surface area (Å²) in [6.07, 6.45) is 0. The van der Waals surface area contributed by atoms with Crippen LogP contribution in [0.25, 0.3) is 0 Å². The SMILES string of the molecule is CCOC(=O)C(C)SCc1cc(CSCC(N)C(=O)O)cc(CSC(C)C(=O)OCC)c1. The number of carbonyl (C=O) groups excluding carboxylic acids is 2. The maximum absolute atomic E-state index is 11.9. The summed E-state index contributed by atoms with van der Waals surface area (Å²) in [7, 11) is 0. The number of ether oxygens (including phenoxy) is 2. The third-order valence-corrected chi connectivity index (χ3v) is 7.75. The van der Waals surface area contributed by atoms with Gasteiger partial charge in [-0.05, 0) is 44.4 Å². The summed E-state index contributed by atoms with van der Waals surface area (Å²) in [6.45, 7) is 7.94. The van der Waals surface area contributed by atoms with Crippen molar-refractivity contribution in [3.8, 4) is 0 Å². The van der Waals surface area contributed by atoms with Crippen LogP contribution in [0.5, 0.6) is 0 Å². The van der Waals surface area contributed by atoms with Crippen LogP contribution in [0.3, 0.4) is 0 Å². The summed E-state index contributed by atoms with van der Waals surface area (Å²) in [5.74, 6) is 0.740. The summed E-state index contributed by atoms with van der Waals surface area (Å²) < 4.78 is 10.1. The van der Waals surface area contributed by atoms with Gasteiger partial charge in [0, 0.05) is 23.0 Å². The third kappa shape index (κ3) is 11.0. The molecule has 0 amide bonds. The molecule has 0 aromatic heterocycles. The number of benzene rings is 1. The Kier molecular flexibility index (Phi) is 13.9. The number of esters is 2.